The summed E-state index contributed by atoms with van der Waals surface area (Å²) in [6, 6.07) is 3.65. The van der Waals surface area contributed by atoms with Crippen LogP contribution in [-0.4, -0.2) is 77.4 Å². The molecule has 138 valence electrons. The molecule has 25 heavy (non-hydrogen) atoms. The number of anilines is 1. The molecule has 1 aromatic heterocycles. The van der Waals surface area contributed by atoms with E-state index in [1.165, 1.54) is 0 Å². The monoisotopic (exact) mass is 347 g/mol. The largest absolute Gasteiger partial charge is 0.374 e. The Bertz CT molecular complexity index is 548. The lowest BCUT2D eigenvalue weighted by Gasteiger charge is -2.39. The quantitative estimate of drug-likeness (QED) is 0.864. The van der Waals surface area contributed by atoms with Crippen LogP contribution >= 0.6 is 0 Å². The molecule has 2 fully saturated rings. The summed E-state index contributed by atoms with van der Waals surface area (Å²) in [7, 11) is 0. The summed E-state index contributed by atoms with van der Waals surface area (Å²) in [5.74, 6) is 1.74. The zero-order chi connectivity index (χ0) is 17.6. The van der Waals surface area contributed by atoms with Gasteiger partial charge in [-0.2, -0.15) is 5.10 Å². The Balaban J connectivity index is 1.49. The predicted molar refractivity (Wildman–Crippen MR) is 96.3 cm³/mol. The number of ether oxygens (including phenoxy) is 1. The second-order valence-electron chi connectivity index (χ2n) is 7.16. The number of hydrogen-bond acceptors (Lipinski definition) is 6. The summed E-state index contributed by atoms with van der Waals surface area (Å²) >= 11 is 0. The molecule has 2 saturated heterocycles. The van der Waals surface area contributed by atoms with Crippen LogP contribution in [0.2, 0.25) is 0 Å². The molecule has 2 aliphatic heterocycles. The minimum atomic E-state index is -0.0867. The van der Waals surface area contributed by atoms with Crippen LogP contribution < -0.4 is 5.32 Å². The number of amides is 1. The number of carbonyl (C=O) groups is 1. The van der Waals surface area contributed by atoms with E-state index in [4.69, 9.17) is 4.74 Å². The van der Waals surface area contributed by atoms with Crippen LogP contribution in [0.5, 0.6) is 0 Å². The number of nitrogens with one attached hydrogen (secondary N) is 1. The minimum Gasteiger partial charge on any atom is -0.374 e. The average molecular weight is 347 g/mol. The third kappa shape index (κ3) is 4.89. The van der Waals surface area contributed by atoms with Crippen molar-refractivity contribution >= 4 is 11.7 Å². The van der Waals surface area contributed by atoms with E-state index in [-0.39, 0.29) is 18.1 Å². The fourth-order valence-electron chi connectivity index (χ4n) is 3.48. The number of aromatic nitrogens is 2. The number of carbonyl (C=O) groups excluding carboxylic acids is 1. The van der Waals surface area contributed by atoms with Crippen LogP contribution in [0.1, 0.15) is 26.7 Å². The van der Waals surface area contributed by atoms with Crippen LogP contribution in [0.4, 0.5) is 5.82 Å². The highest BCUT2D eigenvalue weighted by molar-refractivity contribution is 5.81. The molecule has 1 aromatic rings. The molecular formula is C18H29N5O2. The number of morpholine rings is 1. The molecule has 1 N–H and O–H groups in total. The van der Waals surface area contributed by atoms with Crippen molar-refractivity contribution in [3.05, 3.63) is 18.3 Å². The zero-order valence-electron chi connectivity index (χ0n) is 15.2. The van der Waals surface area contributed by atoms with Crippen molar-refractivity contribution < 1.29 is 9.53 Å². The van der Waals surface area contributed by atoms with E-state index in [1.807, 2.05) is 24.0 Å². The number of rotatable bonds is 5. The molecule has 0 unspecified atom stereocenters. The smallest absolute Gasteiger partial charge is 0.239 e. The maximum atomic E-state index is 12.8. The first-order valence-electron chi connectivity index (χ1n) is 9.29. The normalized spacial score (nSPS) is 24.1. The van der Waals surface area contributed by atoms with Gasteiger partial charge in [0.05, 0.1) is 18.8 Å². The van der Waals surface area contributed by atoms with Crippen LogP contribution in [-0.2, 0) is 9.53 Å². The maximum Gasteiger partial charge on any atom is 0.239 e. The molecule has 7 heteroatoms. The van der Waals surface area contributed by atoms with Crippen molar-refractivity contribution in [3.8, 4) is 0 Å². The van der Waals surface area contributed by atoms with Crippen molar-refractivity contribution in [1.29, 1.82) is 0 Å². The van der Waals surface area contributed by atoms with E-state index < -0.39 is 0 Å². The first kappa shape index (κ1) is 18.1. The lowest BCUT2D eigenvalue weighted by atomic mass is 9.98. The molecule has 2 atom stereocenters. The molecule has 0 aromatic carbocycles. The van der Waals surface area contributed by atoms with Gasteiger partial charge in [-0.05, 0) is 37.8 Å². The molecule has 3 rings (SSSR count). The second kappa shape index (κ2) is 8.58. The summed E-state index contributed by atoms with van der Waals surface area (Å²) in [5.41, 5.74) is 0. The van der Waals surface area contributed by atoms with E-state index >= 15 is 0 Å². The molecule has 1 amide bonds. The molecule has 0 bridgehead atoms. The number of piperidine rings is 1. The van der Waals surface area contributed by atoms with Gasteiger partial charge < -0.3 is 15.0 Å². The van der Waals surface area contributed by atoms with Gasteiger partial charge >= 0.3 is 0 Å². The van der Waals surface area contributed by atoms with Crippen molar-refractivity contribution in [3.63, 3.8) is 0 Å². The molecule has 0 saturated carbocycles. The third-order valence-corrected chi connectivity index (χ3v) is 5.25. The molecule has 0 spiro atoms. The van der Waals surface area contributed by atoms with Gasteiger partial charge in [-0.15, -0.1) is 5.10 Å². The van der Waals surface area contributed by atoms with Crippen LogP contribution in [0.3, 0.4) is 0 Å². The topological polar surface area (TPSA) is 70.6 Å². The molecular weight excluding hydrogens is 318 g/mol. The summed E-state index contributed by atoms with van der Waals surface area (Å²) in [4.78, 5) is 17.1. The Labute approximate surface area is 149 Å². The SMILES string of the molecule is CC1CCN(C(=O)[C@H](C)N2CCO[C@@H](CNc3cccnn3)C2)CC1. The van der Waals surface area contributed by atoms with E-state index in [9.17, 15) is 4.79 Å². The Hall–Kier alpha value is -1.73. The van der Waals surface area contributed by atoms with Crippen LogP contribution in [0.25, 0.3) is 0 Å². The van der Waals surface area contributed by atoms with Crippen molar-refractivity contribution in [2.75, 3.05) is 44.6 Å². The summed E-state index contributed by atoms with van der Waals surface area (Å²) in [5, 5.41) is 11.1. The molecule has 7 nitrogen and oxygen atoms in total. The third-order valence-electron chi connectivity index (χ3n) is 5.25. The zero-order valence-corrected chi connectivity index (χ0v) is 15.2. The lowest BCUT2D eigenvalue weighted by Crippen LogP contribution is -2.55. The lowest BCUT2D eigenvalue weighted by molar-refractivity contribution is -0.140. The Morgan fingerprint density at radius 1 is 1.40 bits per heavy atom. The minimum absolute atomic E-state index is 0.0485. The highest BCUT2D eigenvalue weighted by Crippen LogP contribution is 2.19. The van der Waals surface area contributed by atoms with E-state index in [0.717, 1.165) is 50.8 Å². The van der Waals surface area contributed by atoms with E-state index in [1.54, 1.807) is 6.20 Å². The Kier molecular flexibility index (Phi) is 6.20. The average Bonchev–Trinajstić information content (AvgIpc) is 2.67. The Morgan fingerprint density at radius 3 is 2.92 bits per heavy atom. The molecule has 0 radical (unpaired) electrons. The summed E-state index contributed by atoms with van der Waals surface area (Å²) in [6.07, 6.45) is 3.93. The summed E-state index contributed by atoms with van der Waals surface area (Å²) in [6.45, 7) is 8.96. The van der Waals surface area contributed by atoms with Gasteiger partial charge in [0.15, 0.2) is 0 Å². The molecule has 3 heterocycles. The number of likely N-dealkylation sites (tertiary alicyclic amines) is 1. The standard InChI is InChI=1S/C18H29N5O2/c1-14-5-8-22(9-6-14)18(24)15(2)23-10-11-25-16(13-23)12-19-17-4-3-7-20-21-17/h3-4,7,14-16H,5-6,8-13H2,1-2H3,(H,19,21)/t15-,16-/m0/s1. The molecule has 0 aliphatic carbocycles. The van der Waals surface area contributed by atoms with Crippen LogP contribution in [0.15, 0.2) is 18.3 Å². The van der Waals surface area contributed by atoms with Gasteiger partial charge in [0, 0.05) is 38.9 Å². The first-order chi connectivity index (χ1) is 12.1. The van der Waals surface area contributed by atoms with E-state index in [2.05, 4.69) is 27.3 Å². The fourth-order valence-corrected chi connectivity index (χ4v) is 3.48. The van der Waals surface area contributed by atoms with Crippen molar-refractivity contribution in [2.24, 2.45) is 5.92 Å². The highest BCUT2D eigenvalue weighted by Gasteiger charge is 2.31. The van der Waals surface area contributed by atoms with Gasteiger partial charge in [0.2, 0.25) is 5.91 Å². The number of nitrogens with zero attached hydrogens (tertiary/aromatic N) is 4. The van der Waals surface area contributed by atoms with E-state index in [0.29, 0.717) is 13.2 Å². The van der Waals surface area contributed by atoms with Crippen molar-refractivity contribution in [2.45, 2.75) is 38.8 Å². The highest BCUT2D eigenvalue weighted by atomic mass is 16.5. The Morgan fingerprint density at radius 2 is 2.20 bits per heavy atom. The van der Waals surface area contributed by atoms with Gasteiger partial charge in [-0.1, -0.05) is 6.92 Å². The number of hydrogen-bond donors (Lipinski definition) is 1. The maximum absolute atomic E-state index is 12.8. The van der Waals surface area contributed by atoms with Gasteiger partial charge in [0.25, 0.3) is 0 Å². The van der Waals surface area contributed by atoms with Gasteiger partial charge in [-0.3, -0.25) is 9.69 Å². The van der Waals surface area contributed by atoms with Gasteiger partial charge in [-0.25, -0.2) is 0 Å². The predicted octanol–water partition coefficient (Wildman–Crippen LogP) is 1.24. The second-order valence-corrected chi connectivity index (χ2v) is 7.16. The fraction of sp³-hybridized carbons (Fsp3) is 0.722. The summed E-state index contributed by atoms with van der Waals surface area (Å²) < 4.78 is 5.84. The first-order valence-corrected chi connectivity index (χ1v) is 9.29. The van der Waals surface area contributed by atoms with Crippen molar-refractivity contribution in [1.82, 2.24) is 20.0 Å². The molecule has 2 aliphatic rings. The van der Waals surface area contributed by atoms with Gasteiger partial charge in [0.1, 0.15) is 5.82 Å². The van der Waals surface area contributed by atoms with Crippen LogP contribution in [0, 0.1) is 5.92 Å².